The molecule has 0 aliphatic heterocycles. The SMILES string of the molecule is CC(=O)/C(=C\CN(C)C)c1ccncc1. The van der Waals surface area contributed by atoms with Gasteiger partial charge in [0.05, 0.1) is 0 Å². The van der Waals surface area contributed by atoms with Crippen molar-refractivity contribution in [1.82, 2.24) is 9.88 Å². The maximum absolute atomic E-state index is 11.4. The number of hydrogen-bond donors (Lipinski definition) is 0. The van der Waals surface area contributed by atoms with E-state index < -0.39 is 0 Å². The average molecular weight is 204 g/mol. The Morgan fingerprint density at radius 2 is 2.00 bits per heavy atom. The van der Waals surface area contributed by atoms with Gasteiger partial charge in [0, 0.05) is 24.5 Å². The lowest BCUT2D eigenvalue weighted by atomic mass is 10.0. The Balaban J connectivity index is 2.94. The molecule has 0 aromatic carbocycles. The topological polar surface area (TPSA) is 33.2 Å². The molecule has 1 heterocycles. The third-order valence-electron chi connectivity index (χ3n) is 2.03. The molecule has 3 nitrogen and oxygen atoms in total. The van der Waals surface area contributed by atoms with Crippen LogP contribution in [-0.4, -0.2) is 36.3 Å². The van der Waals surface area contributed by atoms with E-state index in [2.05, 4.69) is 4.98 Å². The van der Waals surface area contributed by atoms with Crippen LogP contribution in [0, 0.1) is 0 Å². The van der Waals surface area contributed by atoms with Crippen molar-refractivity contribution in [2.75, 3.05) is 20.6 Å². The maximum atomic E-state index is 11.4. The summed E-state index contributed by atoms with van der Waals surface area (Å²) in [5.74, 6) is 0.0862. The summed E-state index contributed by atoms with van der Waals surface area (Å²) in [6.45, 7) is 2.35. The Bertz CT molecular complexity index is 355. The van der Waals surface area contributed by atoms with Crippen molar-refractivity contribution in [2.24, 2.45) is 0 Å². The van der Waals surface area contributed by atoms with Gasteiger partial charge in [0.1, 0.15) is 0 Å². The average Bonchev–Trinajstić information content (AvgIpc) is 2.18. The summed E-state index contributed by atoms with van der Waals surface area (Å²) in [4.78, 5) is 17.4. The standard InChI is InChI=1S/C12H16N2O/c1-10(15)12(6-9-14(2)3)11-4-7-13-8-5-11/h4-8H,9H2,1-3H3/b12-6+. The van der Waals surface area contributed by atoms with Gasteiger partial charge in [-0.2, -0.15) is 0 Å². The predicted molar refractivity (Wildman–Crippen MR) is 61.4 cm³/mol. The van der Waals surface area contributed by atoms with Crippen molar-refractivity contribution in [3.8, 4) is 0 Å². The first-order valence-corrected chi connectivity index (χ1v) is 4.87. The third-order valence-corrected chi connectivity index (χ3v) is 2.03. The van der Waals surface area contributed by atoms with Crippen molar-refractivity contribution in [3.05, 3.63) is 36.2 Å². The Morgan fingerprint density at radius 1 is 1.40 bits per heavy atom. The molecule has 0 aliphatic rings. The number of allylic oxidation sites excluding steroid dienone is 1. The largest absolute Gasteiger partial charge is 0.306 e. The Hall–Kier alpha value is -1.48. The van der Waals surface area contributed by atoms with Crippen molar-refractivity contribution in [2.45, 2.75) is 6.92 Å². The highest BCUT2D eigenvalue weighted by Crippen LogP contribution is 2.13. The minimum Gasteiger partial charge on any atom is -0.306 e. The van der Waals surface area contributed by atoms with E-state index >= 15 is 0 Å². The first-order chi connectivity index (χ1) is 7.11. The predicted octanol–water partition coefficient (Wildman–Crippen LogP) is 1.62. The lowest BCUT2D eigenvalue weighted by molar-refractivity contribution is -0.111. The van der Waals surface area contributed by atoms with Gasteiger partial charge in [-0.15, -0.1) is 0 Å². The van der Waals surface area contributed by atoms with Gasteiger partial charge in [-0.1, -0.05) is 6.08 Å². The zero-order valence-electron chi connectivity index (χ0n) is 9.40. The van der Waals surface area contributed by atoms with Crippen LogP contribution in [-0.2, 0) is 4.79 Å². The van der Waals surface area contributed by atoms with E-state index in [1.165, 1.54) is 0 Å². The van der Waals surface area contributed by atoms with Crippen LogP contribution in [0.15, 0.2) is 30.6 Å². The number of pyridine rings is 1. The molecule has 0 atom stereocenters. The summed E-state index contributed by atoms with van der Waals surface area (Å²) in [6.07, 6.45) is 5.33. The van der Waals surface area contributed by atoms with Gasteiger partial charge in [0.15, 0.2) is 5.78 Å². The highest BCUT2D eigenvalue weighted by atomic mass is 16.1. The van der Waals surface area contributed by atoms with Crippen LogP contribution < -0.4 is 0 Å². The zero-order valence-corrected chi connectivity index (χ0v) is 9.40. The first kappa shape index (κ1) is 11.6. The summed E-state index contributed by atoms with van der Waals surface area (Å²) >= 11 is 0. The quantitative estimate of drug-likeness (QED) is 0.699. The Morgan fingerprint density at radius 3 is 2.47 bits per heavy atom. The van der Waals surface area contributed by atoms with Crippen LogP contribution in [0.2, 0.25) is 0 Å². The normalized spacial score (nSPS) is 11.9. The number of rotatable bonds is 4. The molecule has 0 saturated carbocycles. The summed E-state index contributed by atoms with van der Waals surface area (Å²) in [6, 6.07) is 3.70. The van der Waals surface area contributed by atoms with Crippen LogP contribution in [0.1, 0.15) is 12.5 Å². The fourth-order valence-electron chi connectivity index (χ4n) is 1.27. The Labute approximate surface area is 90.4 Å². The molecule has 0 bridgehead atoms. The number of likely N-dealkylation sites (N-methyl/N-ethyl adjacent to an activating group) is 1. The van der Waals surface area contributed by atoms with E-state index in [-0.39, 0.29) is 5.78 Å². The molecule has 0 amide bonds. The van der Waals surface area contributed by atoms with Crippen LogP contribution in [0.25, 0.3) is 5.57 Å². The number of nitrogens with zero attached hydrogens (tertiary/aromatic N) is 2. The fraction of sp³-hybridized carbons (Fsp3) is 0.333. The fourth-order valence-corrected chi connectivity index (χ4v) is 1.27. The molecular weight excluding hydrogens is 188 g/mol. The minimum absolute atomic E-state index is 0.0862. The molecule has 1 aromatic rings. The second-order valence-corrected chi connectivity index (χ2v) is 3.67. The van der Waals surface area contributed by atoms with E-state index in [1.54, 1.807) is 19.3 Å². The van der Waals surface area contributed by atoms with Gasteiger partial charge in [-0.3, -0.25) is 9.78 Å². The summed E-state index contributed by atoms with van der Waals surface area (Å²) in [7, 11) is 3.95. The van der Waals surface area contributed by atoms with Gasteiger partial charge < -0.3 is 4.90 Å². The minimum atomic E-state index is 0.0862. The molecular formula is C12H16N2O. The van der Waals surface area contributed by atoms with Crippen LogP contribution in [0.5, 0.6) is 0 Å². The van der Waals surface area contributed by atoms with E-state index in [1.807, 2.05) is 37.2 Å². The number of carbonyl (C=O) groups excluding carboxylic acids is 1. The number of aromatic nitrogens is 1. The van der Waals surface area contributed by atoms with Crippen LogP contribution in [0.4, 0.5) is 0 Å². The van der Waals surface area contributed by atoms with Gasteiger partial charge in [0.25, 0.3) is 0 Å². The lowest BCUT2D eigenvalue weighted by Gasteiger charge is -2.08. The number of ketones is 1. The van der Waals surface area contributed by atoms with Crippen LogP contribution in [0.3, 0.4) is 0 Å². The second-order valence-electron chi connectivity index (χ2n) is 3.67. The Kier molecular flexibility index (Phi) is 4.18. The molecule has 0 radical (unpaired) electrons. The van der Waals surface area contributed by atoms with E-state index in [9.17, 15) is 4.79 Å². The van der Waals surface area contributed by atoms with Crippen molar-refractivity contribution < 1.29 is 4.79 Å². The van der Waals surface area contributed by atoms with Gasteiger partial charge in [-0.05, 0) is 38.7 Å². The van der Waals surface area contributed by atoms with Crippen molar-refractivity contribution >= 4 is 11.4 Å². The molecule has 1 rings (SSSR count). The molecule has 15 heavy (non-hydrogen) atoms. The molecule has 0 saturated heterocycles. The molecule has 1 aromatic heterocycles. The molecule has 0 aliphatic carbocycles. The monoisotopic (exact) mass is 204 g/mol. The molecule has 0 fully saturated rings. The maximum Gasteiger partial charge on any atom is 0.160 e. The molecule has 3 heteroatoms. The number of carbonyl (C=O) groups is 1. The number of hydrogen-bond acceptors (Lipinski definition) is 3. The summed E-state index contributed by atoms with van der Waals surface area (Å²) < 4.78 is 0. The summed E-state index contributed by atoms with van der Waals surface area (Å²) in [5.41, 5.74) is 1.69. The number of Topliss-reactive ketones (excluding diaryl/α,β-unsaturated/α-hetero) is 1. The van der Waals surface area contributed by atoms with Crippen LogP contribution >= 0.6 is 0 Å². The van der Waals surface area contributed by atoms with Gasteiger partial charge >= 0.3 is 0 Å². The van der Waals surface area contributed by atoms with E-state index in [0.29, 0.717) is 0 Å². The van der Waals surface area contributed by atoms with Gasteiger partial charge in [0.2, 0.25) is 0 Å². The third kappa shape index (κ3) is 3.64. The lowest BCUT2D eigenvalue weighted by Crippen LogP contribution is -2.12. The first-order valence-electron chi connectivity index (χ1n) is 4.87. The molecule has 0 N–H and O–H groups in total. The zero-order chi connectivity index (χ0) is 11.3. The van der Waals surface area contributed by atoms with Crippen molar-refractivity contribution in [1.29, 1.82) is 0 Å². The molecule has 0 spiro atoms. The highest BCUT2D eigenvalue weighted by molar-refractivity contribution is 6.19. The van der Waals surface area contributed by atoms with Crippen molar-refractivity contribution in [3.63, 3.8) is 0 Å². The smallest absolute Gasteiger partial charge is 0.160 e. The van der Waals surface area contributed by atoms with E-state index in [4.69, 9.17) is 0 Å². The molecule has 0 unspecified atom stereocenters. The van der Waals surface area contributed by atoms with E-state index in [0.717, 1.165) is 17.7 Å². The second kappa shape index (κ2) is 5.41. The highest BCUT2D eigenvalue weighted by Gasteiger charge is 2.05. The van der Waals surface area contributed by atoms with Gasteiger partial charge in [-0.25, -0.2) is 0 Å². The molecule has 80 valence electrons. The summed E-state index contributed by atoms with van der Waals surface area (Å²) in [5, 5.41) is 0.